The van der Waals surface area contributed by atoms with Crippen molar-refractivity contribution in [3.05, 3.63) is 35.4 Å². The fourth-order valence-corrected chi connectivity index (χ4v) is 5.21. The first-order valence-corrected chi connectivity index (χ1v) is 9.21. The van der Waals surface area contributed by atoms with Gasteiger partial charge >= 0.3 is 0 Å². The highest BCUT2D eigenvalue weighted by molar-refractivity contribution is 5.31. The second kappa shape index (κ2) is 4.84. The van der Waals surface area contributed by atoms with Crippen LogP contribution in [0.25, 0.3) is 0 Å². The fraction of sp³-hybridized carbons (Fsp3) is 0.700. The lowest BCUT2D eigenvalue weighted by atomic mass is 9.93. The summed E-state index contributed by atoms with van der Waals surface area (Å²) in [6.07, 6.45) is 11.6. The summed E-state index contributed by atoms with van der Waals surface area (Å²) >= 11 is 0. The Hall–Kier alpha value is -0.820. The predicted octanol–water partition coefficient (Wildman–Crippen LogP) is 3.96. The zero-order valence-corrected chi connectivity index (χ0v) is 12.9. The van der Waals surface area contributed by atoms with Crippen molar-refractivity contribution in [1.82, 2.24) is 5.32 Å². The van der Waals surface area contributed by atoms with E-state index in [0.717, 1.165) is 35.8 Å². The van der Waals surface area contributed by atoms with Crippen molar-refractivity contribution in [3.8, 4) is 0 Å². The van der Waals surface area contributed by atoms with Crippen LogP contribution in [0.1, 0.15) is 49.7 Å². The average Bonchev–Trinajstić information content (AvgIpc) is 3.36. The molecule has 2 atom stereocenters. The normalized spacial score (nSPS) is 34.8. The second-order valence-electron chi connectivity index (χ2n) is 8.17. The zero-order chi connectivity index (χ0) is 13.8. The highest BCUT2D eigenvalue weighted by Crippen LogP contribution is 2.47. The summed E-state index contributed by atoms with van der Waals surface area (Å²) in [6.45, 7) is 0. The molecule has 0 amide bonds. The Labute approximate surface area is 128 Å². The van der Waals surface area contributed by atoms with E-state index in [9.17, 15) is 0 Å². The molecule has 5 rings (SSSR count). The summed E-state index contributed by atoms with van der Waals surface area (Å²) in [7, 11) is 0. The molecule has 1 nitrogen and oxygen atoms in total. The van der Waals surface area contributed by atoms with Crippen LogP contribution in [-0.2, 0) is 12.8 Å². The van der Waals surface area contributed by atoms with E-state index < -0.39 is 0 Å². The minimum absolute atomic E-state index is 0.809. The van der Waals surface area contributed by atoms with Crippen molar-refractivity contribution in [2.24, 2.45) is 23.7 Å². The third-order valence-corrected chi connectivity index (χ3v) is 6.65. The lowest BCUT2D eigenvalue weighted by molar-refractivity contribution is 0.274. The van der Waals surface area contributed by atoms with Crippen LogP contribution in [0.2, 0.25) is 0 Å². The van der Waals surface area contributed by atoms with E-state index in [0.29, 0.717) is 0 Å². The molecule has 2 unspecified atom stereocenters. The molecule has 0 aromatic heterocycles. The summed E-state index contributed by atoms with van der Waals surface area (Å²) in [6, 6.07) is 10.9. The monoisotopic (exact) mass is 281 g/mol. The molecule has 112 valence electrons. The smallest absolute Gasteiger partial charge is 0.0133 e. The molecule has 4 aliphatic carbocycles. The maximum atomic E-state index is 4.22. The van der Waals surface area contributed by atoms with Gasteiger partial charge < -0.3 is 5.32 Å². The van der Waals surface area contributed by atoms with Crippen molar-refractivity contribution in [2.75, 3.05) is 0 Å². The van der Waals surface area contributed by atoms with Crippen molar-refractivity contribution in [3.63, 3.8) is 0 Å². The van der Waals surface area contributed by atoms with Crippen molar-refractivity contribution < 1.29 is 0 Å². The molecule has 1 N–H and O–H groups in total. The molecular weight excluding hydrogens is 254 g/mol. The van der Waals surface area contributed by atoms with E-state index in [1.54, 1.807) is 11.1 Å². The van der Waals surface area contributed by atoms with Crippen LogP contribution in [0.4, 0.5) is 0 Å². The fourth-order valence-electron chi connectivity index (χ4n) is 5.21. The highest BCUT2D eigenvalue weighted by atomic mass is 15.0. The third-order valence-electron chi connectivity index (χ3n) is 6.65. The van der Waals surface area contributed by atoms with E-state index in [4.69, 9.17) is 0 Å². The van der Waals surface area contributed by atoms with E-state index in [1.165, 1.54) is 51.4 Å². The minimum atomic E-state index is 0.809. The Balaban J connectivity index is 1.38. The van der Waals surface area contributed by atoms with E-state index >= 15 is 0 Å². The van der Waals surface area contributed by atoms with Gasteiger partial charge in [-0.25, -0.2) is 0 Å². The van der Waals surface area contributed by atoms with Crippen LogP contribution in [0.5, 0.6) is 0 Å². The van der Waals surface area contributed by atoms with Gasteiger partial charge in [-0.15, -0.1) is 0 Å². The van der Waals surface area contributed by atoms with Crippen LogP contribution < -0.4 is 5.32 Å². The van der Waals surface area contributed by atoms with Crippen molar-refractivity contribution in [2.45, 2.75) is 63.5 Å². The van der Waals surface area contributed by atoms with E-state index in [1.807, 2.05) is 0 Å². The molecule has 21 heavy (non-hydrogen) atoms. The van der Waals surface area contributed by atoms with Gasteiger partial charge in [0.1, 0.15) is 0 Å². The molecular formula is C20H27N. The Morgan fingerprint density at radius 3 is 1.76 bits per heavy atom. The zero-order valence-electron chi connectivity index (χ0n) is 12.9. The third kappa shape index (κ3) is 2.34. The number of hydrogen-bond acceptors (Lipinski definition) is 1. The van der Waals surface area contributed by atoms with Gasteiger partial charge in [0.2, 0.25) is 0 Å². The molecule has 0 spiro atoms. The van der Waals surface area contributed by atoms with Crippen LogP contribution >= 0.6 is 0 Å². The number of benzene rings is 1. The first-order valence-electron chi connectivity index (χ1n) is 9.21. The SMILES string of the molecule is c1ccc2c(c1)CC1CCC(C2)C1NC(C1CC1)C1CC1. The Morgan fingerprint density at radius 1 is 0.762 bits per heavy atom. The van der Waals surface area contributed by atoms with Crippen LogP contribution in [0.3, 0.4) is 0 Å². The molecule has 0 aliphatic heterocycles. The number of fused-ring (bicyclic) bond motifs is 3. The molecule has 3 fully saturated rings. The van der Waals surface area contributed by atoms with Crippen LogP contribution in [-0.4, -0.2) is 12.1 Å². The average molecular weight is 281 g/mol. The first-order chi connectivity index (χ1) is 10.4. The van der Waals surface area contributed by atoms with E-state index in [-0.39, 0.29) is 0 Å². The molecule has 2 bridgehead atoms. The van der Waals surface area contributed by atoms with E-state index in [2.05, 4.69) is 29.6 Å². The van der Waals surface area contributed by atoms with Crippen LogP contribution in [0, 0.1) is 23.7 Å². The Kier molecular flexibility index (Phi) is 2.93. The summed E-state index contributed by atoms with van der Waals surface area (Å²) in [5.74, 6) is 3.86. The quantitative estimate of drug-likeness (QED) is 0.881. The van der Waals surface area contributed by atoms with Crippen molar-refractivity contribution >= 4 is 0 Å². The number of rotatable bonds is 4. The van der Waals surface area contributed by atoms with Gasteiger partial charge in [-0.05, 0) is 86.2 Å². The summed E-state index contributed by atoms with van der Waals surface area (Å²) in [5, 5.41) is 4.22. The molecule has 4 aliphatic rings. The maximum absolute atomic E-state index is 4.22. The van der Waals surface area contributed by atoms with Gasteiger partial charge in [0, 0.05) is 12.1 Å². The first kappa shape index (κ1) is 12.7. The number of hydrogen-bond donors (Lipinski definition) is 1. The van der Waals surface area contributed by atoms with Gasteiger partial charge in [0.15, 0.2) is 0 Å². The van der Waals surface area contributed by atoms with Gasteiger partial charge in [0.05, 0.1) is 0 Å². The molecule has 1 heteroatoms. The second-order valence-corrected chi connectivity index (χ2v) is 8.17. The van der Waals surface area contributed by atoms with Gasteiger partial charge in [-0.3, -0.25) is 0 Å². The molecule has 3 saturated carbocycles. The number of nitrogens with one attached hydrogen (secondary N) is 1. The maximum Gasteiger partial charge on any atom is 0.0133 e. The molecule has 0 saturated heterocycles. The highest BCUT2D eigenvalue weighted by Gasteiger charge is 2.46. The van der Waals surface area contributed by atoms with Crippen LogP contribution in [0.15, 0.2) is 24.3 Å². The van der Waals surface area contributed by atoms with Gasteiger partial charge in [0.25, 0.3) is 0 Å². The summed E-state index contributed by atoms with van der Waals surface area (Å²) < 4.78 is 0. The molecule has 0 radical (unpaired) electrons. The summed E-state index contributed by atoms with van der Waals surface area (Å²) in [4.78, 5) is 0. The largest absolute Gasteiger partial charge is 0.310 e. The Bertz CT molecular complexity index is 483. The lowest BCUT2D eigenvalue weighted by Crippen LogP contribution is -2.46. The van der Waals surface area contributed by atoms with Gasteiger partial charge in [-0.1, -0.05) is 24.3 Å². The molecule has 0 heterocycles. The topological polar surface area (TPSA) is 12.0 Å². The Morgan fingerprint density at radius 2 is 1.29 bits per heavy atom. The lowest BCUT2D eigenvalue weighted by Gasteiger charge is -2.30. The summed E-state index contributed by atoms with van der Waals surface area (Å²) in [5.41, 5.74) is 3.29. The van der Waals surface area contributed by atoms with Gasteiger partial charge in [-0.2, -0.15) is 0 Å². The predicted molar refractivity (Wildman–Crippen MR) is 86.2 cm³/mol. The standard InChI is InChI=1S/C20H27N/c1-2-4-16-12-18-10-9-17(11-15(16)3-1)20(18)21-19(13-5-6-13)14-7-8-14/h1-4,13-14,17-21H,5-12H2. The minimum Gasteiger partial charge on any atom is -0.310 e. The van der Waals surface area contributed by atoms with Crippen molar-refractivity contribution in [1.29, 1.82) is 0 Å². The molecule has 1 aromatic carbocycles. The molecule has 1 aromatic rings.